The minimum atomic E-state index is -0.413. The Morgan fingerprint density at radius 1 is 0.833 bits per heavy atom. The average Bonchev–Trinajstić information content (AvgIpc) is 3.54. The zero-order valence-corrected chi connectivity index (χ0v) is 19.3. The summed E-state index contributed by atoms with van der Waals surface area (Å²) in [6, 6.07) is 29.4. The van der Waals surface area contributed by atoms with Crippen LogP contribution in [0.5, 0.6) is 0 Å². The van der Waals surface area contributed by atoms with Crippen molar-refractivity contribution in [3.05, 3.63) is 113 Å². The number of fused-ring (bicyclic) bond motifs is 1. The van der Waals surface area contributed by atoms with Gasteiger partial charge in [0.1, 0.15) is 23.0 Å². The largest absolute Gasteiger partial charge is 0.292 e. The number of nitrogens with one attached hydrogen (secondary N) is 1. The Balaban J connectivity index is 1.64. The highest BCUT2D eigenvalue weighted by Gasteiger charge is 2.25. The zero-order valence-electron chi connectivity index (χ0n) is 19.3. The number of nitriles is 1. The summed E-state index contributed by atoms with van der Waals surface area (Å²) >= 11 is 0. The van der Waals surface area contributed by atoms with E-state index in [2.05, 4.69) is 21.4 Å². The van der Waals surface area contributed by atoms with Crippen LogP contribution in [0.1, 0.15) is 11.1 Å². The molecule has 0 spiro atoms. The maximum atomic E-state index is 12.6. The highest BCUT2D eigenvalue weighted by Crippen LogP contribution is 2.35. The summed E-state index contributed by atoms with van der Waals surface area (Å²) in [5, 5.41) is 27.0. The van der Waals surface area contributed by atoms with Crippen LogP contribution in [0.15, 0.2) is 95.9 Å². The summed E-state index contributed by atoms with van der Waals surface area (Å²) in [6.45, 7) is 2.01. The predicted octanol–water partition coefficient (Wildman–Crippen LogP) is 4.81. The molecule has 0 fully saturated rings. The van der Waals surface area contributed by atoms with Crippen LogP contribution >= 0.6 is 0 Å². The molecule has 6 aromatic rings. The lowest BCUT2D eigenvalue weighted by Crippen LogP contribution is -2.10. The van der Waals surface area contributed by atoms with Crippen LogP contribution in [-0.4, -0.2) is 29.8 Å². The molecular weight excluding hydrogens is 450 g/mol. The third-order valence-electron chi connectivity index (χ3n) is 6.02. The Kier molecular flexibility index (Phi) is 5.01. The molecule has 3 aromatic carbocycles. The van der Waals surface area contributed by atoms with E-state index >= 15 is 0 Å². The fourth-order valence-corrected chi connectivity index (χ4v) is 4.25. The number of nitrogens with zero attached hydrogens (tertiary/aromatic N) is 6. The van der Waals surface area contributed by atoms with Gasteiger partial charge in [-0.2, -0.15) is 20.6 Å². The average molecular weight is 470 g/mol. The van der Waals surface area contributed by atoms with Crippen LogP contribution in [0.3, 0.4) is 0 Å². The van der Waals surface area contributed by atoms with Gasteiger partial charge >= 0.3 is 0 Å². The van der Waals surface area contributed by atoms with Gasteiger partial charge in [0, 0.05) is 11.8 Å². The molecule has 0 saturated heterocycles. The minimum absolute atomic E-state index is 0.222. The van der Waals surface area contributed by atoms with Gasteiger partial charge in [0.05, 0.1) is 22.5 Å². The van der Waals surface area contributed by atoms with E-state index < -0.39 is 5.56 Å². The number of aromatic amines is 1. The van der Waals surface area contributed by atoms with Crippen molar-refractivity contribution in [3.8, 4) is 40.1 Å². The molecule has 0 atom stereocenters. The Labute approximate surface area is 205 Å². The number of para-hydroxylation sites is 1. The van der Waals surface area contributed by atoms with Crippen molar-refractivity contribution in [3.63, 3.8) is 0 Å². The molecule has 3 heterocycles. The van der Waals surface area contributed by atoms with E-state index in [4.69, 9.17) is 5.10 Å². The molecule has 0 radical (unpaired) electrons. The molecule has 0 aliphatic carbocycles. The maximum Gasteiger partial charge on any atom is 0.292 e. The molecule has 0 saturated carbocycles. The Morgan fingerprint density at radius 3 is 2.22 bits per heavy atom. The smallest absolute Gasteiger partial charge is 0.265 e. The third-order valence-corrected chi connectivity index (χ3v) is 6.02. The molecule has 8 nitrogen and oxygen atoms in total. The monoisotopic (exact) mass is 469 g/mol. The fourth-order valence-electron chi connectivity index (χ4n) is 4.25. The first-order valence-corrected chi connectivity index (χ1v) is 11.3. The van der Waals surface area contributed by atoms with Crippen molar-refractivity contribution in [2.24, 2.45) is 0 Å². The summed E-state index contributed by atoms with van der Waals surface area (Å²) in [4.78, 5) is 12.6. The zero-order chi connectivity index (χ0) is 24.6. The van der Waals surface area contributed by atoms with Gasteiger partial charge in [-0.25, -0.2) is 14.5 Å². The standard InChI is InChI=1S/C28H19N7O/c1-18-12-14-20(15-13-18)34-17-23-24(30-31-28(36)26(23)32-34)25-22(16-29)27(19-8-4-2-5-9-19)35(33-25)21-10-6-3-7-11-21/h2-15,17H,1H3,(H,31,36). The molecule has 6 rings (SSSR count). The lowest BCUT2D eigenvalue weighted by atomic mass is 10.0. The summed E-state index contributed by atoms with van der Waals surface area (Å²) in [5.41, 5.74) is 5.12. The molecule has 0 aliphatic rings. The van der Waals surface area contributed by atoms with Gasteiger partial charge in [0.25, 0.3) is 5.56 Å². The van der Waals surface area contributed by atoms with E-state index in [9.17, 15) is 10.1 Å². The van der Waals surface area contributed by atoms with Gasteiger partial charge in [-0.05, 0) is 31.2 Å². The Morgan fingerprint density at radius 2 is 1.53 bits per heavy atom. The highest BCUT2D eigenvalue weighted by molar-refractivity contribution is 5.93. The molecule has 0 amide bonds. The lowest BCUT2D eigenvalue weighted by molar-refractivity contribution is 0.884. The maximum absolute atomic E-state index is 12.6. The summed E-state index contributed by atoms with van der Waals surface area (Å²) < 4.78 is 3.38. The number of H-pyrrole nitrogens is 1. The molecule has 0 aliphatic heterocycles. The van der Waals surface area contributed by atoms with Crippen LogP contribution in [0.25, 0.3) is 44.9 Å². The van der Waals surface area contributed by atoms with E-state index in [1.54, 1.807) is 15.6 Å². The minimum Gasteiger partial charge on any atom is -0.265 e. The van der Waals surface area contributed by atoms with E-state index in [-0.39, 0.29) is 5.52 Å². The summed E-state index contributed by atoms with van der Waals surface area (Å²) in [6.07, 6.45) is 1.75. The summed E-state index contributed by atoms with van der Waals surface area (Å²) in [7, 11) is 0. The Bertz CT molecular complexity index is 1810. The normalized spacial score (nSPS) is 11.0. The van der Waals surface area contributed by atoms with Crippen molar-refractivity contribution in [1.29, 1.82) is 5.26 Å². The number of hydrogen-bond donors (Lipinski definition) is 1. The SMILES string of the molecule is Cc1ccc(-n2cc3c(-c4nn(-c5ccccc5)c(-c5ccccc5)c4C#N)n[nH]c(=O)c3n2)cc1. The number of aromatic nitrogens is 6. The topological polar surface area (TPSA) is 105 Å². The molecule has 1 N–H and O–H groups in total. The van der Waals surface area contributed by atoms with Gasteiger partial charge in [-0.3, -0.25) is 4.79 Å². The van der Waals surface area contributed by atoms with Crippen molar-refractivity contribution in [2.45, 2.75) is 6.92 Å². The van der Waals surface area contributed by atoms with Crippen LogP contribution in [-0.2, 0) is 0 Å². The third kappa shape index (κ3) is 3.47. The molecule has 0 unspecified atom stereocenters. The second kappa shape index (κ2) is 8.49. The number of benzene rings is 3. The van der Waals surface area contributed by atoms with Crippen LogP contribution < -0.4 is 5.56 Å². The van der Waals surface area contributed by atoms with Gasteiger partial charge in [-0.1, -0.05) is 66.2 Å². The first-order valence-electron chi connectivity index (χ1n) is 11.3. The molecule has 36 heavy (non-hydrogen) atoms. The number of hydrogen-bond acceptors (Lipinski definition) is 5. The fraction of sp³-hybridized carbons (Fsp3) is 0.0357. The van der Waals surface area contributed by atoms with Crippen LogP contribution in [0.4, 0.5) is 0 Å². The second-order valence-corrected chi connectivity index (χ2v) is 8.37. The van der Waals surface area contributed by atoms with Crippen LogP contribution in [0, 0.1) is 18.3 Å². The van der Waals surface area contributed by atoms with Gasteiger partial charge in [-0.15, -0.1) is 0 Å². The van der Waals surface area contributed by atoms with E-state index in [0.717, 1.165) is 22.5 Å². The number of rotatable bonds is 4. The second-order valence-electron chi connectivity index (χ2n) is 8.37. The molecule has 8 heteroatoms. The van der Waals surface area contributed by atoms with Crippen molar-refractivity contribution in [1.82, 2.24) is 29.8 Å². The lowest BCUT2D eigenvalue weighted by Gasteiger charge is -2.07. The molecule has 3 aromatic heterocycles. The van der Waals surface area contributed by atoms with Crippen LogP contribution in [0.2, 0.25) is 0 Å². The van der Waals surface area contributed by atoms with E-state index in [0.29, 0.717) is 28.0 Å². The summed E-state index contributed by atoms with van der Waals surface area (Å²) in [5.74, 6) is 0. The first-order chi connectivity index (χ1) is 17.6. The molecule has 172 valence electrons. The molecular formula is C28H19N7O. The first kappa shape index (κ1) is 21.3. The van der Waals surface area contributed by atoms with Gasteiger partial charge < -0.3 is 0 Å². The van der Waals surface area contributed by atoms with E-state index in [1.165, 1.54) is 0 Å². The Hall–Kier alpha value is -5.29. The number of aryl methyl sites for hydroxylation is 1. The van der Waals surface area contributed by atoms with Crippen molar-refractivity contribution < 1.29 is 0 Å². The molecule has 0 bridgehead atoms. The van der Waals surface area contributed by atoms with Gasteiger partial charge in [0.2, 0.25) is 0 Å². The van der Waals surface area contributed by atoms with Gasteiger partial charge in [0.15, 0.2) is 5.52 Å². The van der Waals surface area contributed by atoms with Crippen molar-refractivity contribution >= 4 is 10.9 Å². The van der Waals surface area contributed by atoms with E-state index in [1.807, 2.05) is 91.9 Å². The predicted molar refractivity (Wildman–Crippen MR) is 137 cm³/mol. The quantitative estimate of drug-likeness (QED) is 0.399. The highest BCUT2D eigenvalue weighted by atomic mass is 16.1. The van der Waals surface area contributed by atoms with Crippen molar-refractivity contribution in [2.75, 3.05) is 0 Å².